The van der Waals surface area contributed by atoms with Crippen LogP contribution in [0, 0.1) is 11.6 Å². The zero-order chi connectivity index (χ0) is 25.2. The van der Waals surface area contributed by atoms with E-state index in [2.05, 4.69) is 4.98 Å². The Morgan fingerprint density at radius 2 is 1.69 bits per heavy atom. The minimum absolute atomic E-state index is 0.215. The zero-order valence-electron chi connectivity index (χ0n) is 19.7. The number of rotatable bonds is 7. The molecule has 0 unspecified atom stereocenters. The quantitative estimate of drug-likeness (QED) is 0.321. The predicted octanol–water partition coefficient (Wildman–Crippen LogP) is 5.08. The van der Waals surface area contributed by atoms with Gasteiger partial charge in [-0.1, -0.05) is 30.3 Å². The highest BCUT2D eigenvalue weighted by Crippen LogP contribution is 2.26. The molecule has 3 aromatic carbocycles. The van der Waals surface area contributed by atoms with E-state index in [1.54, 1.807) is 24.3 Å². The molecule has 5 aromatic rings. The molecule has 0 radical (unpaired) electrons. The number of hydrogen-bond donors (Lipinski definition) is 0. The van der Waals surface area contributed by atoms with Gasteiger partial charge in [0.1, 0.15) is 22.9 Å². The van der Waals surface area contributed by atoms with Gasteiger partial charge in [0.15, 0.2) is 5.65 Å². The molecule has 7 nitrogen and oxygen atoms in total. The molecule has 0 aliphatic rings. The summed E-state index contributed by atoms with van der Waals surface area (Å²) in [7, 11) is 1.53. The summed E-state index contributed by atoms with van der Waals surface area (Å²) in [4.78, 5) is 24.9. The summed E-state index contributed by atoms with van der Waals surface area (Å²) >= 11 is 0. The Morgan fingerprint density at radius 1 is 0.972 bits per heavy atom. The number of hydrogen-bond acceptors (Lipinski definition) is 5. The van der Waals surface area contributed by atoms with Crippen molar-refractivity contribution in [3.05, 3.63) is 107 Å². The van der Waals surface area contributed by atoms with E-state index < -0.39 is 17.3 Å². The van der Waals surface area contributed by atoms with Crippen LogP contribution in [-0.4, -0.2) is 32.8 Å². The van der Waals surface area contributed by atoms with E-state index >= 15 is 0 Å². The summed E-state index contributed by atoms with van der Waals surface area (Å²) in [6.45, 7) is 2.24. The highest BCUT2D eigenvalue weighted by atomic mass is 19.1. The lowest BCUT2D eigenvalue weighted by atomic mass is 10.2. The molecule has 0 amide bonds. The first-order chi connectivity index (χ1) is 17.5. The Morgan fingerprint density at radius 3 is 2.39 bits per heavy atom. The van der Waals surface area contributed by atoms with E-state index in [-0.39, 0.29) is 12.1 Å². The molecule has 2 aromatic heterocycles. The number of imidazole rings is 1. The normalized spacial score (nSPS) is 11.1. The van der Waals surface area contributed by atoms with E-state index in [9.17, 15) is 13.6 Å². The monoisotopic (exact) mass is 487 g/mol. The predicted molar refractivity (Wildman–Crippen MR) is 134 cm³/mol. The maximum absolute atomic E-state index is 14.5. The molecule has 0 aliphatic heterocycles. The fourth-order valence-electron chi connectivity index (χ4n) is 4.18. The van der Waals surface area contributed by atoms with Crippen LogP contribution < -0.4 is 15.3 Å². The number of nitrogens with zero attached hydrogens (tertiary/aromatic N) is 5. The highest BCUT2D eigenvalue weighted by Gasteiger charge is 2.22. The van der Waals surface area contributed by atoms with Crippen molar-refractivity contribution in [1.29, 1.82) is 0 Å². The van der Waals surface area contributed by atoms with Gasteiger partial charge in [-0.3, -0.25) is 4.57 Å². The fraction of sp³-hybridized carbons (Fsp3) is 0.148. The first kappa shape index (κ1) is 23.2. The number of anilines is 2. The number of fused-ring (bicyclic) bond motifs is 1. The van der Waals surface area contributed by atoms with Crippen molar-refractivity contribution in [3.8, 4) is 11.4 Å². The van der Waals surface area contributed by atoms with Crippen molar-refractivity contribution in [1.82, 2.24) is 19.1 Å². The van der Waals surface area contributed by atoms with Crippen LogP contribution in [0.3, 0.4) is 0 Å². The molecule has 36 heavy (non-hydrogen) atoms. The molecule has 182 valence electrons. The number of para-hydroxylation sites is 1. The Labute approximate surface area is 205 Å². The van der Waals surface area contributed by atoms with Crippen LogP contribution in [0.2, 0.25) is 0 Å². The van der Waals surface area contributed by atoms with Crippen LogP contribution >= 0.6 is 0 Å². The van der Waals surface area contributed by atoms with Crippen molar-refractivity contribution >= 4 is 22.8 Å². The van der Waals surface area contributed by atoms with Gasteiger partial charge in [-0.15, -0.1) is 0 Å². The fourth-order valence-corrected chi connectivity index (χ4v) is 4.18. The van der Waals surface area contributed by atoms with Gasteiger partial charge in [-0.2, -0.15) is 4.98 Å². The van der Waals surface area contributed by atoms with Gasteiger partial charge < -0.3 is 9.64 Å². The van der Waals surface area contributed by atoms with Gasteiger partial charge in [-0.05, 0) is 43.3 Å². The third-order valence-corrected chi connectivity index (χ3v) is 5.98. The summed E-state index contributed by atoms with van der Waals surface area (Å²) in [5.41, 5.74) is 1.33. The first-order valence-corrected chi connectivity index (χ1v) is 11.4. The number of aromatic nitrogens is 4. The molecule has 0 N–H and O–H groups in total. The van der Waals surface area contributed by atoms with Crippen LogP contribution in [0.5, 0.6) is 5.75 Å². The molecule has 0 atom stereocenters. The topological polar surface area (TPSA) is 65.2 Å². The van der Waals surface area contributed by atoms with Gasteiger partial charge >= 0.3 is 5.69 Å². The summed E-state index contributed by atoms with van der Waals surface area (Å²) in [5.74, 6) is -0.526. The SMILES string of the molecule is CCN(c1ccccc1)c1ncc2c(n1)n(-c1cccc(OC)c1)c(=O)n2Cc1c(F)cccc1F. The minimum atomic E-state index is -0.733. The molecular weight excluding hydrogens is 464 g/mol. The lowest BCUT2D eigenvalue weighted by Gasteiger charge is -2.20. The molecule has 2 heterocycles. The van der Waals surface area contributed by atoms with Crippen molar-refractivity contribution in [3.63, 3.8) is 0 Å². The molecule has 0 aliphatic carbocycles. The van der Waals surface area contributed by atoms with Crippen LogP contribution in [-0.2, 0) is 6.54 Å². The number of halogens is 2. The maximum Gasteiger partial charge on any atom is 0.335 e. The van der Waals surface area contributed by atoms with E-state index in [0.29, 0.717) is 35.1 Å². The Balaban J connectivity index is 1.75. The molecule has 0 bridgehead atoms. The Kier molecular flexibility index (Phi) is 6.20. The second-order valence-corrected chi connectivity index (χ2v) is 8.06. The van der Waals surface area contributed by atoms with E-state index in [1.807, 2.05) is 42.2 Å². The van der Waals surface area contributed by atoms with Gasteiger partial charge in [0.05, 0.1) is 25.5 Å². The molecule has 9 heteroatoms. The van der Waals surface area contributed by atoms with Gasteiger partial charge in [0, 0.05) is 23.9 Å². The molecule has 0 saturated carbocycles. The average molecular weight is 488 g/mol. The van der Waals surface area contributed by atoms with Crippen molar-refractivity contribution in [2.24, 2.45) is 0 Å². The van der Waals surface area contributed by atoms with Crippen LogP contribution in [0.4, 0.5) is 20.4 Å². The zero-order valence-corrected chi connectivity index (χ0v) is 19.7. The van der Waals surface area contributed by atoms with Crippen LogP contribution in [0.1, 0.15) is 12.5 Å². The largest absolute Gasteiger partial charge is 0.497 e. The average Bonchev–Trinajstić information content (AvgIpc) is 3.17. The Bertz CT molecular complexity index is 1580. The second kappa shape index (κ2) is 9.61. The molecule has 0 fully saturated rings. The van der Waals surface area contributed by atoms with Gasteiger partial charge in [0.25, 0.3) is 0 Å². The van der Waals surface area contributed by atoms with Gasteiger partial charge in [0.2, 0.25) is 5.95 Å². The van der Waals surface area contributed by atoms with Crippen molar-refractivity contribution < 1.29 is 13.5 Å². The molecular formula is C27H23F2N5O2. The van der Waals surface area contributed by atoms with Gasteiger partial charge in [-0.25, -0.2) is 23.1 Å². The smallest absolute Gasteiger partial charge is 0.335 e. The lowest BCUT2D eigenvalue weighted by molar-refractivity contribution is 0.414. The van der Waals surface area contributed by atoms with Crippen LogP contribution in [0.25, 0.3) is 16.9 Å². The number of methoxy groups -OCH3 is 1. The standard InChI is InChI=1S/C27H23F2N5O2/c1-3-32(18-9-5-4-6-10-18)26-30-16-24-25(31-26)34(19-11-7-12-20(15-19)36-2)27(35)33(24)17-21-22(28)13-8-14-23(21)29/h4-16H,3,17H2,1-2H3. The summed E-state index contributed by atoms with van der Waals surface area (Å²) in [5, 5.41) is 0. The van der Waals surface area contributed by atoms with E-state index in [1.165, 1.54) is 28.5 Å². The summed E-state index contributed by atoms with van der Waals surface area (Å²) in [6, 6.07) is 20.2. The maximum atomic E-state index is 14.5. The van der Waals surface area contributed by atoms with E-state index in [0.717, 1.165) is 17.8 Å². The third kappa shape index (κ3) is 4.08. The minimum Gasteiger partial charge on any atom is -0.497 e. The Hall–Kier alpha value is -4.53. The molecule has 5 rings (SSSR count). The van der Waals surface area contributed by atoms with E-state index in [4.69, 9.17) is 9.72 Å². The number of benzene rings is 3. The third-order valence-electron chi connectivity index (χ3n) is 5.98. The lowest BCUT2D eigenvalue weighted by Crippen LogP contribution is -2.24. The van der Waals surface area contributed by atoms with Crippen LogP contribution in [0.15, 0.2) is 83.8 Å². The van der Waals surface area contributed by atoms with Crippen molar-refractivity contribution in [2.75, 3.05) is 18.6 Å². The molecule has 0 spiro atoms. The summed E-state index contributed by atoms with van der Waals surface area (Å²) in [6.07, 6.45) is 1.51. The highest BCUT2D eigenvalue weighted by molar-refractivity contribution is 5.75. The number of ether oxygens (including phenoxy) is 1. The second-order valence-electron chi connectivity index (χ2n) is 8.06. The summed E-state index contributed by atoms with van der Waals surface area (Å²) < 4.78 is 37.0. The molecule has 0 saturated heterocycles. The van der Waals surface area contributed by atoms with Crippen molar-refractivity contribution in [2.45, 2.75) is 13.5 Å². The first-order valence-electron chi connectivity index (χ1n) is 11.4.